The first-order chi connectivity index (χ1) is 6.84. The molecule has 0 spiro atoms. The van der Waals surface area contributed by atoms with Crippen molar-refractivity contribution in [2.24, 2.45) is 0 Å². The molecular weight excluding hydrogens is 176 g/mol. The summed E-state index contributed by atoms with van der Waals surface area (Å²) < 4.78 is 5.10. The maximum atomic E-state index is 11.0. The summed E-state index contributed by atoms with van der Waals surface area (Å²) in [5.41, 5.74) is 2.86. The van der Waals surface area contributed by atoms with Crippen molar-refractivity contribution in [3.8, 4) is 0 Å². The number of rotatable bonds is 0. The van der Waals surface area contributed by atoms with Gasteiger partial charge in [-0.05, 0) is 29.7 Å². The highest BCUT2D eigenvalue weighted by Gasteiger charge is 2.09. The van der Waals surface area contributed by atoms with E-state index in [0.29, 0.717) is 5.58 Å². The highest BCUT2D eigenvalue weighted by atomic mass is 16.4. The summed E-state index contributed by atoms with van der Waals surface area (Å²) >= 11 is 0. The minimum Gasteiger partial charge on any atom is -0.423 e. The smallest absolute Gasteiger partial charge is 0.336 e. The topological polar surface area (TPSA) is 30.2 Å². The molecule has 0 fully saturated rings. The molecule has 14 heavy (non-hydrogen) atoms. The van der Waals surface area contributed by atoms with E-state index in [-0.39, 0.29) is 5.63 Å². The number of benzene rings is 1. The monoisotopic (exact) mass is 184 g/mol. The van der Waals surface area contributed by atoms with E-state index < -0.39 is 0 Å². The molecule has 1 heterocycles. The molecule has 1 aliphatic rings. The van der Waals surface area contributed by atoms with Crippen LogP contribution in [0.25, 0.3) is 17.0 Å². The summed E-state index contributed by atoms with van der Waals surface area (Å²) in [6, 6.07) is 7.17. The minimum absolute atomic E-state index is 0.292. The van der Waals surface area contributed by atoms with Crippen LogP contribution in [0.3, 0.4) is 0 Å². The predicted octanol–water partition coefficient (Wildman–Crippen LogP) is 2.36. The third kappa shape index (κ3) is 0.940. The van der Waals surface area contributed by atoms with Crippen molar-refractivity contribution in [3.63, 3.8) is 0 Å². The van der Waals surface area contributed by atoms with Gasteiger partial charge in [-0.15, -0.1) is 0 Å². The molecule has 0 saturated carbocycles. The van der Waals surface area contributed by atoms with Crippen LogP contribution >= 0.6 is 0 Å². The summed E-state index contributed by atoms with van der Waals surface area (Å²) in [6.45, 7) is 0. The van der Waals surface area contributed by atoms with Crippen LogP contribution in [0, 0.1) is 0 Å². The van der Waals surface area contributed by atoms with Crippen molar-refractivity contribution in [1.82, 2.24) is 0 Å². The Hall–Kier alpha value is -1.83. The lowest BCUT2D eigenvalue weighted by molar-refractivity contribution is 0.561. The fourth-order valence-corrected chi connectivity index (χ4v) is 1.89. The van der Waals surface area contributed by atoms with E-state index in [1.54, 1.807) is 0 Å². The third-order valence-corrected chi connectivity index (χ3v) is 2.56. The zero-order chi connectivity index (χ0) is 9.54. The van der Waals surface area contributed by atoms with Crippen LogP contribution in [0.5, 0.6) is 0 Å². The first kappa shape index (κ1) is 7.56. The van der Waals surface area contributed by atoms with Gasteiger partial charge in [-0.2, -0.15) is 0 Å². The van der Waals surface area contributed by atoms with Crippen molar-refractivity contribution < 1.29 is 4.42 Å². The number of hydrogen-bond acceptors (Lipinski definition) is 2. The largest absolute Gasteiger partial charge is 0.423 e. The Kier molecular flexibility index (Phi) is 1.39. The Bertz CT molecular complexity index is 591. The van der Waals surface area contributed by atoms with Crippen molar-refractivity contribution in [2.45, 2.75) is 6.42 Å². The van der Waals surface area contributed by atoms with Gasteiger partial charge in [0.1, 0.15) is 5.58 Å². The molecule has 0 unspecified atom stereocenters. The summed E-state index contributed by atoms with van der Waals surface area (Å²) in [4.78, 5) is 11.0. The molecule has 0 N–H and O–H groups in total. The molecule has 2 nitrogen and oxygen atoms in total. The van der Waals surface area contributed by atoms with Gasteiger partial charge in [-0.25, -0.2) is 4.79 Å². The first-order valence-corrected chi connectivity index (χ1v) is 4.57. The molecule has 1 aliphatic carbocycles. The lowest BCUT2D eigenvalue weighted by Gasteiger charge is -2.02. The van der Waals surface area contributed by atoms with Gasteiger partial charge in [0.05, 0.1) is 0 Å². The third-order valence-electron chi connectivity index (χ3n) is 2.56. The minimum atomic E-state index is -0.292. The van der Waals surface area contributed by atoms with E-state index in [1.165, 1.54) is 17.2 Å². The number of hydrogen-bond donors (Lipinski definition) is 0. The molecule has 0 bridgehead atoms. The summed E-state index contributed by atoms with van der Waals surface area (Å²) in [7, 11) is 0. The van der Waals surface area contributed by atoms with E-state index in [2.05, 4.69) is 12.2 Å². The highest BCUT2D eigenvalue weighted by Crippen LogP contribution is 2.27. The molecule has 0 atom stereocenters. The molecule has 2 aromatic rings. The molecule has 68 valence electrons. The molecule has 0 amide bonds. The Labute approximate surface area is 80.5 Å². The van der Waals surface area contributed by atoms with Crippen LogP contribution in [0.15, 0.2) is 39.6 Å². The fourth-order valence-electron chi connectivity index (χ4n) is 1.89. The van der Waals surface area contributed by atoms with E-state index in [9.17, 15) is 4.79 Å². The van der Waals surface area contributed by atoms with E-state index in [0.717, 1.165) is 11.8 Å². The molecule has 0 aliphatic heterocycles. The lowest BCUT2D eigenvalue weighted by Crippen LogP contribution is -1.95. The van der Waals surface area contributed by atoms with E-state index in [1.807, 2.05) is 18.2 Å². The van der Waals surface area contributed by atoms with Gasteiger partial charge < -0.3 is 4.42 Å². The molecule has 0 saturated heterocycles. The predicted molar refractivity (Wildman–Crippen MR) is 55.2 cm³/mol. The number of fused-ring (bicyclic) bond motifs is 3. The normalized spacial score (nSPS) is 13.4. The lowest BCUT2D eigenvalue weighted by atomic mass is 10.1. The fraction of sp³-hybridized carbons (Fsp3) is 0.0833. The Balaban J connectivity index is 2.50. The zero-order valence-electron chi connectivity index (χ0n) is 7.49. The van der Waals surface area contributed by atoms with Gasteiger partial charge in [-0.3, -0.25) is 0 Å². The Morgan fingerprint density at radius 1 is 1.14 bits per heavy atom. The van der Waals surface area contributed by atoms with E-state index in [4.69, 9.17) is 4.42 Å². The average molecular weight is 184 g/mol. The first-order valence-electron chi connectivity index (χ1n) is 4.57. The van der Waals surface area contributed by atoms with E-state index >= 15 is 0 Å². The van der Waals surface area contributed by atoms with Crippen LogP contribution in [-0.2, 0) is 6.42 Å². The average Bonchev–Trinajstić information content (AvgIpc) is 2.65. The second-order valence-corrected chi connectivity index (χ2v) is 3.41. The van der Waals surface area contributed by atoms with Gasteiger partial charge in [0, 0.05) is 11.5 Å². The van der Waals surface area contributed by atoms with Gasteiger partial charge >= 0.3 is 5.63 Å². The van der Waals surface area contributed by atoms with Crippen LogP contribution in [0.1, 0.15) is 11.1 Å². The highest BCUT2D eigenvalue weighted by molar-refractivity contribution is 5.89. The molecule has 1 aromatic heterocycles. The van der Waals surface area contributed by atoms with Crippen LogP contribution in [0.4, 0.5) is 0 Å². The van der Waals surface area contributed by atoms with Crippen LogP contribution in [0.2, 0.25) is 0 Å². The van der Waals surface area contributed by atoms with Crippen molar-refractivity contribution >= 4 is 17.0 Å². The van der Waals surface area contributed by atoms with Crippen LogP contribution < -0.4 is 5.63 Å². The van der Waals surface area contributed by atoms with Crippen molar-refractivity contribution in [1.29, 1.82) is 0 Å². The standard InChI is InChI=1S/C12H8O2/c13-12-7-5-10-9-3-1-2-8(9)4-6-11(10)14-12/h1,3-7H,2H2. The summed E-state index contributed by atoms with van der Waals surface area (Å²) in [5.74, 6) is 0. The van der Waals surface area contributed by atoms with Crippen molar-refractivity contribution in [3.05, 3.63) is 51.9 Å². The molecular formula is C12H8O2. The molecule has 3 rings (SSSR count). The van der Waals surface area contributed by atoms with Crippen molar-refractivity contribution in [2.75, 3.05) is 0 Å². The molecule has 1 aromatic carbocycles. The Morgan fingerprint density at radius 2 is 2.07 bits per heavy atom. The van der Waals surface area contributed by atoms with Crippen LogP contribution in [-0.4, -0.2) is 0 Å². The molecule has 0 radical (unpaired) electrons. The van der Waals surface area contributed by atoms with Gasteiger partial charge in [-0.1, -0.05) is 18.2 Å². The van der Waals surface area contributed by atoms with Gasteiger partial charge in [0.2, 0.25) is 0 Å². The summed E-state index contributed by atoms with van der Waals surface area (Å²) in [6.07, 6.45) is 5.18. The summed E-state index contributed by atoms with van der Waals surface area (Å²) in [5, 5.41) is 1.02. The zero-order valence-corrected chi connectivity index (χ0v) is 7.49. The second-order valence-electron chi connectivity index (χ2n) is 3.41. The maximum Gasteiger partial charge on any atom is 0.336 e. The van der Waals surface area contributed by atoms with Gasteiger partial charge in [0.25, 0.3) is 0 Å². The molecule has 2 heteroatoms. The number of allylic oxidation sites excluding steroid dienone is 1. The second kappa shape index (κ2) is 2.58. The van der Waals surface area contributed by atoms with Gasteiger partial charge in [0.15, 0.2) is 0 Å². The maximum absolute atomic E-state index is 11.0. The SMILES string of the molecule is O=c1ccc2c3c(ccc2o1)CC=C3. The Morgan fingerprint density at radius 3 is 3.00 bits per heavy atom. The quantitative estimate of drug-likeness (QED) is 0.588.